The molecule has 0 aromatic carbocycles. The third kappa shape index (κ3) is 6.44. The summed E-state index contributed by atoms with van der Waals surface area (Å²) in [6.45, 7) is 3.39. The van der Waals surface area contributed by atoms with Crippen LogP contribution in [-0.4, -0.2) is 60.4 Å². The van der Waals surface area contributed by atoms with Crippen molar-refractivity contribution >= 4 is 34.0 Å². The Bertz CT molecular complexity index is 1010. The van der Waals surface area contributed by atoms with Gasteiger partial charge in [0.2, 0.25) is 0 Å². The SMILES string of the molecule is Cc1cc(-c2cnc(Nc3cnc(CN(C)CCO)cn3)s2)nc(SC2CCCCC2)n1. The zero-order chi connectivity index (χ0) is 22.3. The van der Waals surface area contributed by atoms with Crippen molar-refractivity contribution in [3.8, 4) is 10.6 Å². The van der Waals surface area contributed by atoms with E-state index in [0.29, 0.717) is 24.2 Å². The number of aliphatic hydroxyl groups is 1. The van der Waals surface area contributed by atoms with Crippen molar-refractivity contribution < 1.29 is 5.11 Å². The van der Waals surface area contributed by atoms with E-state index in [1.54, 1.807) is 23.7 Å². The van der Waals surface area contributed by atoms with Crippen molar-refractivity contribution in [1.29, 1.82) is 0 Å². The Hall–Kier alpha value is -2.14. The number of rotatable bonds is 9. The number of nitrogens with one attached hydrogen (secondary N) is 1. The van der Waals surface area contributed by atoms with E-state index in [1.807, 2.05) is 42.9 Å². The molecule has 8 nitrogen and oxygen atoms in total. The molecule has 0 saturated heterocycles. The van der Waals surface area contributed by atoms with Gasteiger partial charge in [0.15, 0.2) is 16.1 Å². The van der Waals surface area contributed by atoms with E-state index in [-0.39, 0.29) is 6.61 Å². The topological polar surface area (TPSA) is 100.0 Å². The summed E-state index contributed by atoms with van der Waals surface area (Å²) in [5.74, 6) is 0.645. The molecule has 4 rings (SSSR count). The summed E-state index contributed by atoms with van der Waals surface area (Å²) < 4.78 is 0. The number of anilines is 2. The minimum absolute atomic E-state index is 0.128. The molecule has 10 heteroatoms. The average Bonchev–Trinajstić information content (AvgIpc) is 3.24. The molecule has 2 N–H and O–H groups in total. The Labute approximate surface area is 197 Å². The fraction of sp³-hybridized carbons (Fsp3) is 0.500. The van der Waals surface area contributed by atoms with Crippen LogP contribution in [0.4, 0.5) is 10.9 Å². The summed E-state index contributed by atoms with van der Waals surface area (Å²) in [4.78, 5) is 25.8. The number of aliphatic hydroxyl groups excluding tert-OH is 1. The van der Waals surface area contributed by atoms with Crippen LogP contribution in [0.5, 0.6) is 0 Å². The smallest absolute Gasteiger partial charge is 0.188 e. The molecule has 0 radical (unpaired) electrons. The Morgan fingerprint density at radius 3 is 2.72 bits per heavy atom. The maximum atomic E-state index is 9.01. The van der Waals surface area contributed by atoms with E-state index in [9.17, 15) is 0 Å². The summed E-state index contributed by atoms with van der Waals surface area (Å²) in [5.41, 5.74) is 2.74. The van der Waals surface area contributed by atoms with Gasteiger partial charge in [-0.2, -0.15) is 0 Å². The van der Waals surface area contributed by atoms with Crippen molar-refractivity contribution in [2.45, 2.75) is 56.0 Å². The zero-order valence-corrected chi connectivity index (χ0v) is 20.1. The molecule has 0 amide bonds. The fourth-order valence-electron chi connectivity index (χ4n) is 3.64. The second-order valence-electron chi connectivity index (χ2n) is 8.06. The predicted molar refractivity (Wildman–Crippen MR) is 129 cm³/mol. The summed E-state index contributed by atoms with van der Waals surface area (Å²) >= 11 is 3.36. The molecule has 0 aliphatic heterocycles. The highest BCUT2D eigenvalue weighted by atomic mass is 32.2. The van der Waals surface area contributed by atoms with Crippen LogP contribution < -0.4 is 5.32 Å². The molecule has 0 atom stereocenters. The van der Waals surface area contributed by atoms with Gasteiger partial charge in [0.05, 0.1) is 35.3 Å². The number of hydrogen-bond donors (Lipinski definition) is 2. The third-order valence-electron chi connectivity index (χ3n) is 5.27. The van der Waals surface area contributed by atoms with E-state index in [4.69, 9.17) is 10.1 Å². The van der Waals surface area contributed by atoms with Crippen LogP contribution >= 0.6 is 23.1 Å². The highest BCUT2D eigenvalue weighted by Gasteiger charge is 2.17. The molecule has 1 saturated carbocycles. The normalized spacial score (nSPS) is 14.8. The second-order valence-corrected chi connectivity index (χ2v) is 10.4. The van der Waals surface area contributed by atoms with Gasteiger partial charge in [0.1, 0.15) is 0 Å². The number of likely N-dealkylation sites (N-methyl/N-ethyl adjacent to an activating group) is 1. The fourth-order valence-corrected chi connectivity index (χ4v) is 5.64. The standard InChI is InChI=1S/C22H29N7OS2/c1-15-10-18(27-22(26-15)31-17-6-4-3-5-7-17)19-12-25-21(32-19)28-20-13-23-16(11-24-20)14-29(2)8-9-30/h10-13,17,30H,3-9,14H2,1-2H3,(H,24,25,28). The first kappa shape index (κ1) is 23.0. The zero-order valence-electron chi connectivity index (χ0n) is 18.5. The minimum atomic E-state index is 0.128. The molecule has 3 aromatic rings. The largest absolute Gasteiger partial charge is 0.395 e. The highest BCUT2D eigenvalue weighted by Crippen LogP contribution is 2.34. The Kier molecular flexibility index (Phi) is 8.01. The number of aromatic nitrogens is 5. The monoisotopic (exact) mass is 471 g/mol. The molecule has 3 aromatic heterocycles. The van der Waals surface area contributed by atoms with Crippen LogP contribution in [0.3, 0.4) is 0 Å². The molecule has 1 aliphatic carbocycles. The van der Waals surface area contributed by atoms with Crippen LogP contribution in [0.25, 0.3) is 10.6 Å². The molecule has 170 valence electrons. The molecular weight excluding hydrogens is 442 g/mol. The summed E-state index contributed by atoms with van der Waals surface area (Å²) in [6.07, 6.45) is 11.8. The average molecular weight is 472 g/mol. The predicted octanol–water partition coefficient (Wildman–Crippen LogP) is 4.29. The van der Waals surface area contributed by atoms with Crippen LogP contribution in [0, 0.1) is 6.92 Å². The molecule has 0 unspecified atom stereocenters. The van der Waals surface area contributed by atoms with Gasteiger partial charge in [-0.1, -0.05) is 42.4 Å². The van der Waals surface area contributed by atoms with Gasteiger partial charge in [-0.05, 0) is 32.9 Å². The lowest BCUT2D eigenvalue weighted by atomic mass is 10.0. The van der Waals surface area contributed by atoms with Crippen molar-refractivity contribution in [2.24, 2.45) is 0 Å². The number of hydrogen-bond acceptors (Lipinski definition) is 10. The molecule has 1 fully saturated rings. The summed E-state index contributed by atoms with van der Waals surface area (Å²) in [6, 6.07) is 2.01. The quantitative estimate of drug-likeness (QED) is 0.443. The van der Waals surface area contributed by atoms with Crippen LogP contribution in [0.2, 0.25) is 0 Å². The van der Waals surface area contributed by atoms with E-state index < -0.39 is 0 Å². The van der Waals surface area contributed by atoms with Gasteiger partial charge >= 0.3 is 0 Å². The Morgan fingerprint density at radius 2 is 1.97 bits per heavy atom. The number of thioether (sulfide) groups is 1. The summed E-state index contributed by atoms with van der Waals surface area (Å²) in [5, 5.41) is 14.5. The molecule has 32 heavy (non-hydrogen) atoms. The number of nitrogens with zero attached hydrogens (tertiary/aromatic N) is 6. The van der Waals surface area contributed by atoms with Crippen molar-refractivity contribution in [1.82, 2.24) is 29.8 Å². The maximum Gasteiger partial charge on any atom is 0.188 e. The van der Waals surface area contributed by atoms with Gasteiger partial charge in [-0.25, -0.2) is 19.9 Å². The van der Waals surface area contributed by atoms with Crippen molar-refractivity contribution in [3.63, 3.8) is 0 Å². The van der Waals surface area contributed by atoms with Crippen molar-refractivity contribution in [3.05, 3.63) is 36.0 Å². The van der Waals surface area contributed by atoms with Gasteiger partial charge in [-0.15, -0.1) is 0 Å². The van der Waals surface area contributed by atoms with Gasteiger partial charge in [0.25, 0.3) is 0 Å². The first-order valence-electron chi connectivity index (χ1n) is 10.9. The molecule has 0 spiro atoms. The molecule has 1 aliphatic rings. The lowest BCUT2D eigenvalue weighted by Gasteiger charge is -2.20. The molecule has 3 heterocycles. The van der Waals surface area contributed by atoms with Gasteiger partial charge in [-0.3, -0.25) is 9.88 Å². The third-order valence-corrected chi connectivity index (χ3v) is 7.40. The van der Waals surface area contributed by atoms with E-state index >= 15 is 0 Å². The highest BCUT2D eigenvalue weighted by molar-refractivity contribution is 7.99. The lowest BCUT2D eigenvalue weighted by Crippen LogP contribution is -2.22. The number of thiazole rings is 1. The number of aryl methyl sites for hydroxylation is 1. The van der Waals surface area contributed by atoms with Gasteiger partial charge < -0.3 is 10.4 Å². The lowest BCUT2D eigenvalue weighted by molar-refractivity contribution is 0.216. The van der Waals surface area contributed by atoms with Crippen LogP contribution in [0.15, 0.2) is 29.8 Å². The maximum absolute atomic E-state index is 9.01. The molecule has 0 bridgehead atoms. The molecular formula is C22H29N7OS2. The van der Waals surface area contributed by atoms with Crippen molar-refractivity contribution in [2.75, 3.05) is 25.5 Å². The van der Waals surface area contributed by atoms with E-state index in [0.717, 1.165) is 32.2 Å². The van der Waals surface area contributed by atoms with Gasteiger partial charge in [0, 0.05) is 30.2 Å². The first-order valence-corrected chi connectivity index (χ1v) is 12.6. The Morgan fingerprint density at radius 1 is 1.12 bits per heavy atom. The summed E-state index contributed by atoms with van der Waals surface area (Å²) in [7, 11) is 1.94. The first-order chi connectivity index (χ1) is 15.6. The second kappa shape index (κ2) is 11.1. The van der Waals surface area contributed by atoms with Crippen LogP contribution in [-0.2, 0) is 6.54 Å². The van der Waals surface area contributed by atoms with E-state index in [1.165, 1.54) is 32.1 Å². The Balaban J connectivity index is 1.41. The van der Waals surface area contributed by atoms with E-state index in [2.05, 4.69) is 25.3 Å². The minimum Gasteiger partial charge on any atom is -0.395 e. The van der Waals surface area contributed by atoms with Crippen LogP contribution in [0.1, 0.15) is 43.5 Å².